The second-order valence-electron chi connectivity index (χ2n) is 15.1. The standard InChI is InChI=1S/C43H83O10P/c1-3-5-7-9-11-13-15-17-19-20-21-23-25-27-29-31-33-35-43(47)53-41(39-52-54(48,49)51-37-40(45)36-44)38-50-42(46)34-32-30-28-26-24-22-18-16-14-12-10-8-6-4-2/h16,18,40-41,44-45H,3-15,17,19-39H2,1-2H3,(H,48,49)/b18-16+/t40-,41+/m0/s1. The van der Waals surface area contributed by atoms with E-state index < -0.39 is 51.8 Å². The van der Waals surface area contributed by atoms with E-state index in [1.165, 1.54) is 122 Å². The highest BCUT2D eigenvalue weighted by molar-refractivity contribution is 7.47. The Hall–Kier alpha value is -1.29. The Balaban J connectivity index is 4.26. The van der Waals surface area contributed by atoms with Crippen LogP contribution in [0.2, 0.25) is 0 Å². The predicted octanol–water partition coefficient (Wildman–Crippen LogP) is 11.6. The quantitative estimate of drug-likeness (QED) is 0.0236. The largest absolute Gasteiger partial charge is 0.472 e. The van der Waals surface area contributed by atoms with Crippen LogP contribution in [0.5, 0.6) is 0 Å². The highest BCUT2D eigenvalue weighted by atomic mass is 31.2. The molecule has 0 saturated heterocycles. The van der Waals surface area contributed by atoms with Gasteiger partial charge in [-0.15, -0.1) is 0 Å². The number of aliphatic hydroxyl groups is 2. The molecule has 0 aromatic rings. The fourth-order valence-corrected chi connectivity index (χ4v) is 7.01. The molecule has 0 heterocycles. The van der Waals surface area contributed by atoms with Crippen LogP contribution in [0.3, 0.4) is 0 Å². The van der Waals surface area contributed by atoms with Gasteiger partial charge in [0.2, 0.25) is 0 Å². The molecule has 0 aliphatic heterocycles. The zero-order valence-electron chi connectivity index (χ0n) is 34.7. The number of phosphoric ester groups is 1. The summed E-state index contributed by atoms with van der Waals surface area (Å²) in [5.74, 6) is -0.924. The number of carbonyl (C=O) groups is 2. The van der Waals surface area contributed by atoms with Gasteiger partial charge in [-0.25, -0.2) is 4.57 Å². The Labute approximate surface area is 330 Å². The van der Waals surface area contributed by atoms with Gasteiger partial charge >= 0.3 is 19.8 Å². The molecule has 3 atom stereocenters. The molecule has 0 radical (unpaired) electrons. The van der Waals surface area contributed by atoms with Gasteiger partial charge in [0.05, 0.1) is 19.8 Å². The summed E-state index contributed by atoms with van der Waals surface area (Å²) in [6.45, 7) is 2.39. The number of rotatable bonds is 42. The van der Waals surface area contributed by atoms with Crippen molar-refractivity contribution in [2.75, 3.05) is 26.4 Å². The van der Waals surface area contributed by atoms with Crippen LogP contribution in [-0.2, 0) is 32.7 Å². The Morgan fingerprint density at radius 3 is 1.33 bits per heavy atom. The number of hydrogen-bond donors (Lipinski definition) is 3. The predicted molar refractivity (Wildman–Crippen MR) is 219 cm³/mol. The minimum absolute atomic E-state index is 0.188. The maximum atomic E-state index is 12.6. The van der Waals surface area contributed by atoms with E-state index in [1.54, 1.807) is 0 Å². The maximum Gasteiger partial charge on any atom is 0.472 e. The monoisotopic (exact) mass is 791 g/mol. The van der Waals surface area contributed by atoms with Gasteiger partial charge in [-0.1, -0.05) is 174 Å². The van der Waals surface area contributed by atoms with E-state index in [0.717, 1.165) is 51.4 Å². The highest BCUT2D eigenvalue weighted by Crippen LogP contribution is 2.43. The molecule has 10 nitrogen and oxygen atoms in total. The Kier molecular flexibility index (Phi) is 39.0. The van der Waals surface area contributed by atoms with Crippen molar-refractivity contribution in [1.82, 2.24) is 0 Å². The Bertz CT molecular complexity index is 915. The van der Waals surface area contributed by atoms with Crippen LogP contribution in [0.25, 0.3) is 0 Å². The van der Waals surface area contributed by atoms with Gasteiger partial charge in [-0.05, 0) is 38.5 Å². The van der Waals surface area contributed by atoms with Crippen molar-refractivity contribution in [3.8, 4) is 0 Å². The summed E-state index contributed by atoms with van der Waals surface area (Å²) < 4.78 is 32.7. The normalized spacial score (nSPS) is 13.9. The molecule has 1 unspecified atom stereocenters. The third-order valence-corrected chi connectivity index (χ3v) is 10.6. The zero-order valence-corrected chi connectivity index (χ0v) is 35.6. The first kappa shape index (κ1) is 52.7. The summed E-state index contributed by atoms with van der Waals surface area (Å²) in [6, 6.07) is 0. The van der Waals surface area contributed by atoms with E-state index in [9.17, 15) is 24.2 Å². The summed E-state index contributed by atoms with van der Waals surface area (Å²) in [6.07, 6.45) is 37.4. The molecular formula is C43H83O10P. The molecule has 0 aromatic heterocycles. The average molecular weight is 791 g/mol. The van der Waals surface area contributed by atoms with Gasteiger partial charge in [-0.2, -0.15) is 0 Å². The molecule has 3 N–H and O–H groups in total. The number of carbonyl (C=O) groups excluding carboxylic acids is 2. The second kappa shape index (κ2) is 39.9. The lowest BCUT2D eigenvalue weighted by Crippen LogP contribution is -2.29. The van der Waals surface area contributed by atoms with E-state index in [-0.39, 0.29) is 19.4 Å². The summed E-state index contributed by atoms with van der Waals surface area (Å²) >= 11 is 0. The molecule has 0 amide bonds. The van der Waals surface area contributed by atoms with Crippen LogP contribution in [0.4, 0.5) is 0 Å². The number of esters is 2. The molecule has 0 aliphatic rings. The van der Waals surface area contributed by atoms with Gasteiger partial charge in [0.1, 0.15) is 12.7 Å². The summed E-state index contributed by atoms with van der Waals surface area (Å²) in [5.41, 5.74) is 0. The lowest BCUT2D eigenvalue weighted by molar-refractivity contribution is -0.161. The first-order valence-electron chi connectivity index (χ1n) is 22.1. The molecule has 0 aliphatic carbocycles. The fourth-order valence-electron chi connectivity index (χ4n) is 6.22. The van der Waals surface area contributed by atoms with Crippen LogP contribution in [-0.4, -0.2) is 65.7 Å². The van der Waals surface area contributed by atoms with Crippen molar-refractivity contribution in [2.45, 2.75) is 225 Å². The number of hydrogen-bond acceptors (Lipinski definition) is 9. The number of unbranched alkanes of at least 4 members (excludes halogenated alkanes) is 26. The third-order valence-electron chi connectivity index (χ3n) is 9.67. The molecule has 0 rings (SSSR count). The van der Waals surface area contributed by atoms with Crippen LogP contribution in [0.1, 0.15) is 213 Å². The van der Waals surface area contributed by atoms with Crippen molar-refractivity contribution in [3.63, 3.8) is 0 Å². The topological polar surface area (TPSA) is 149 Å². The number of aliphatic hydroxyl groups excluding tert-OH is 2. The molecular weight excluding hydrogens is 707 g/mol. The summed E-state index contributed by atoms with van der Waals surface area (Å²) in [7, 11) is -4.61. The zero-order chi connectivity index (χ0) is 39.8. The van der Waals surface area contributed by atoms with E-state index in [1.807, 2.05) is 0 Å². The van der Waals surface area contributed by atoms with Crippen molar-refractivity contribution in [2.24, 2.45) is 0 Å². The molecule has 0 fully saturated rings. The van der Waals surface area contributed by atoms with Crippen molar-refractivity contribution in [3.05, 3.63) is 12.2 Å². The highest BCUT2D eigenvalue weighted by Gasteiger charge is 2.27. The minimum atomic E-state index is -4.61. The molecule has 0 saturated carbocycles. The molecule has 11 heteroatoms. The van der Waals surface area contributed by atoms with E-state index >= 15 is 0 Å². The molecule has 0 bridgehead atoms. The lowest BCUT2D eigenvalue weighted by atomic mass is 10.0. The summed E-state index contributed by atoms with van der Waals surface area (Å²) in [5, 5.41) is 18.3. The number of allylic oxidation sites excluding steroid dienone is 2. The number of phosphoric acid groups is 1. The van der Waals surface area contributed by atoms with Crippen LogP contribution < -0.4 is 0 Å². The van der Waals surface area contributed by atoms with Gasteiger partial charge in [0, 0.05) is 12.8 Å². The van der Waals surface area contributed by atoms with E-state index in [4.69, 9.17) is 23.6 Å². The molecule has 0 spiro atoms. The second-order valence-corrected chi connectivity index (χ2v) is 16.5. The lowest BCUT2D eigenvalue weighted by Gasteiger charge is -2.20. The van der Waals surface area contributed by atoms with Crippen molar-refractivity contribution < 1.29 is 47.8 Å². The maximum absolute atomic E-state index is 12.6. The van der Waals surface area contributed by atoms with Crippen LogP contribution in [0, 0.1) is 0 Å². The summed E-state index contributed by atoms with van der Waals surface area (Å²) in [4.78, 5) is 35.0. The minimum Gasteiger partial charge on any atom is -0.462 e. The third kappa shape index (κ3) is 39.0. The van der Waals surface area contributed by atoms with Crippen molar-refractivity contribution >= 4 is 19.8 Å². The van der Waals surface area contributed by atoms with Gasteiger partial charge in [0.25, 0.3) is 0 Å². The van der Waals surface area contributed by atoms with E-state index in [2.05, 4.69) is 26.0 Å². The van der Waals surface area contributed by atoms with Crippen LogP contribution >= 0.6 is 7.82 Å². The SMILES string of the molecule is CCCCCCC/C=C/CCCCCCCC(=O)OC[C@H](COP(=O)(O)OC[C@@H](O)CO)OC(=O)CCCCCCCCCCCCCCCCCCC. The van der Waals surface area contributed by atoms with Crippen LogP contribution in [0.15, 0.2) is 12.2 Å². The number of ether oxygens (including phenoxy) is 2. The van der Waals surface area contributed by atoms with Gasteiger partial charge in [0.15, 0.2) is 6.10 Å². The molecule has 0 aromatic carbocycles. The first-order chi connectivity index (χ1) is 26.2. The average Bonchev–Trinajstić information content (AvgIpc) is 3.16. The van der Waals surface area contributed by atoms with E-state index in [0.29, 0.717) is 12.8 Å². The Morgan fingerprint density at radius 1 is 0.537 bits per heavy atom. The van der Waals surface area contributed by atoms with Gasteiger partial charge < -0.3 is 24.6 Å². The fraction of sp³-hybridized carbons (Fsp3) is 0.907. The molecule has 54 heavy (non-hydrogen) atoms. The van der Waals surface area contributed by atoms with Crippen molar-refractivity contribution in [1.29, 1.82) is 0 Å². The molecule has 320 valence electrons. The van der Waals surface area contributed by atoms with Gasteiger partial charge in [-0.3, -0.25) is 18.6 Å². The smallest absolute Gasteiger partial charge is 0.462 e. The Morgan fingerprint density at radius 2 is 0.907 bits per heavy atom. The first-order valence-corrected chi connectivity index (χ1v) is 23.6.